The van der Waals surface area contributed by atoms with Crippen molar-refractivity contribution in [3.05, 3.63) is 29.8 Å². The van der Waals surface area contributed by atoms with Gasteiger partial charge in [0.05, 0.1) is 7.11 Å². The molecule has 2 atom stereocenters. The molecule has 0 aliphatic carbocycles. The molecule has 1 aliphatic rings. The van der Waals surface area contributed by atoms with E-state index in [1.54, 1.807) is 7.11 Å². The lowest BCUT2D eigenvalue weighted by molar-refractivity contribution is 0.414. The van der Waals surface area contributed by atoms with Crippen LogP contribution in [0.4, 0.5) is 0 Å². The van der Waals surface area contributed by atoms with Gasteiger partial charge >= 0.3 is 0 Å². The molecule has 1 N–H and O–H groups in total. The maximum absolute atomic E-state index is 5.17. The number of rotatable bonds is 3. The number of methoxy groups -OCH3 is 1. The zero-order chi connectivity index (χ0) is 10.7. The van der Waals surface area contributed by atoms with Crippen LogP contribution in [0.3, 0.4) is 0 Å². The molecule has 0 amide bonds. The molecule has 0 saturated carbocycles. The fraction of sp³-hybridized carbons (Fsp3) is 0.538. The summed E-state index contributed by atoms with van der Waals surface area (Å²) in [6.07, 6.45) is 2.46. The monoisotopic (exact) mass is 205 g/mol. The number of hydrogen-bond acceptors (Lipinski definition) is 2. The van der Waals surface area contributed by atoms with Crippen molar-refractivity contribution in [3.63, 3.8) is 0 Å². The summed E-state index contributed by atoms with van der Waals surface area (Å²) in [5, 5.41) is 3.55. The SMILES string of the molecule is CCC1NCCC1c1ccc(OC)cc1. The Labute approximate surface area is 91.6 Å². The Morgan fingerprint density at radius 2 is 2.07 bits per heavy atom. The summed E-state index contributed by atoms with van der Waals surface area (Å²) in [4.78, 5) is 0. The van der Waals surface area contributed by atoms with E-state index in [1.807, 2.05) is 0 Å². The Hall–Kier alpha value is -1.02. The molecule has 1 aromatic carbocycles. The van der Waals surface area contributed by atoms with E-state index in [0.717, 1.165) is 12.3 Å². The topological polar surface area (TPSA) is 21.3 Å². The number of ether oxygens (including phenoxy) is 1. The third kappa shape index (κ3) is 2.15. The average molecular weight is 205 g/mol. The predicted molar refractivity (Wildman–Crippen MR) is 62.4 cm³/mol. The molecule has 82 valence electrons. The first kappa shape index (κ1) is 10.5. The van der Waals surface area contributed by atoms with Gasteiger partial charge in [-0.05, 0) is 37.1 Å². The van der Waals surface area contributed by atoms with E-state index >= 15 is 0 Å². The average Bonchev–Trinajstić information content (AvgIpc) is 2.77. The Balaban J connectivity index is 2.14. The maximum atomic E-state index is 5.17. The molecule has 1 saturated heterocycles. The molecule has 1 aromatic rings. The number of benzene rings is 1. The predicted octanol–water partition coefficient (Wildman–Crippen LogP) is 2.55. The molecule has 0 spiro atoms. The van der Waals surface area contributed by atoms with Gasteiger partial charge in [-0.3, -0.25) is 0 Å². The molecular weight excluding hydrogens is 186 g/mol. The van der Waals surface area contributed by atoms with Gasteiger partial charge in [-0.2, -0.15) is 0 Å². The van der Waals surface area contributed by atoms with Crippen molar-refractivity contribution in [2.24, 2.45) is 0 Å². The first-order valence-electron chi connectivity index (χ1n) is 5.72. The Morgan fingerprint density at radius 1 is 1.33 bits per heavy atom. The molecule has 2 unspecified atom stereocenters. The fourth-order valence-corrected chi connectivity index (χ4v) is 2.45. The largest absolute Gasteiger partial charge is 0.497 e. The lowest BCUT2D eigenvalue weighted by atomic mass is 9.91. The summed E-state index contributed by atoms with van der Waals surface area (Å²) in [5.41, 5.74) is 1.44. The molecule has 0 aromatic heterocycles. The first-order chi connectivity index (χ1) is 7.35. The smallest absolute Gasteiger partial charge is 0.118 e. The highest BCUT2D eigenvalue weighted by Crippen LogP contribution is 2.30. The summed E-state index contributed by atoms with van der Waals surface area (Å²) in [6, 6.07) is 9.15. The molecule has 0 radical (unpaired) electrons. The summed E-state index contributed by atoms with van der Waals surface area (Å²) in [5.74, 6) is 1.62. The second-order valence-electron chi connectivity index (χ2n) is 4.14. The van der Waals surface area contributed by atoms with E-state index in [-0.39, 0.29) is 0 Å². The minimum Gasteiger partial charge on any atom is -0.497 e. The van der Waals surface area contributed by atoms with Crippen molar-refractivity contribution in [2.45, 2.75) is 31.7 Å². The molecule has 2 rings (SSSR count). The van der Waals surface area contributed by atoms with Crippen molar-refractivity contribution in [1.82, 2.24) is 5.32 Å². The minimum atomic E-state index is 0.651. The molecule has 2 heteroatoms. The van der Waals surface area contributed by atoms with Crippen LogP contribution >= 0.6 is 0 Å². The van der Waals surface area contributed by atoms with Crippen LogP contribution in [0.15, 0.2) is 24.3 Å². The van der Waals surface area contributed by atoms with Crippen LogP contribution < -0.4 is 10.1 Å². The summed E-state index contributed by atoms with van der Waals surface area (Å²) in [7, 11) is 1.71. The van der Waals surface area contributed by atoms with Gasteiger partial charge in [0.25, 0.3) is 0 Å². The van der Waals surface area contributed by atoms with Gasteiger partial charge in [0.2, 0.25) is 0 Å². The van der Waals surface area contributed by atoms with Crippen LogP contribution in [0.1, 0.15) is 31.2 Å². The van der Waals surface area contributed by atoms with Gasteiger partial charge < -0.3 is 10.1 Å². The van der Waals surface area contributed by atoms with Gasteiger partial charge in [-0.1, -0.05) is 19.1 Å². The minimum absolute atomic E-state index is 0.651. The van der Waals surface area contributed by atoms with Crippen molar-refractivity contribution in [3.8, 4) is 5.75 Å². The highest BCUT2D eigenvalue weighted by atomic mass is 16.5. The number of nitrogens with one attached hydrogen (secondary N) is 1. The van der Waals surface area contributed by atoms with Gasteiger partial charge in [0.1, 0.15) is 5.75 Å². The Kier molecular flexibility index (Phi) is 3.27. The quantitative estimate of drug-likeness (QED) is 0.818. The van der Waals surface area contributed by atoms with E-state index in [4.69, 9.17) is 4.74 Å². The summed E-state index contributed by atoms with van der Waals surface area (Å²) >= 11 is 0. The molecular formula is C13H19NO. The standard InChI is InChI=1S/C13H19NO/c1-3-13-12(8-9-14-13)10-4-6-11(15-2)7-5-10/h4-7,12-14H,3,8-9H2,1-2H3. The van der Waals surface area contributed by atoms with E-state index in [2.05, 4.69) is 36.5 Å². The zero-order valence-corrected chi connectivity index (χ0v) is 9.49. The maximum Gasteiger partial charge on any atom is 0.118 e. The first-order valence-corrected chi connectivity index (χ1v) is 5.72. The van der Waals surface area contributed by atoms with Gasteiger partial charge in [-0.25, -0.2) is 0 Å². The van der Waals surface area contributed by atoms with Gasteiger partial charge in [0.15, 0.2) is 0 Å². The van der Waals surface area contributed by atoms with E-state index < -0.39 is 0 Å². The normalized spacial score (nSPS) is 25.5. The second-order valence-corrected chi connectivity index (χ2v) is 4.14. The third-order valence-electron chi connectivity index (χ3n) is 3.33. The lowest BCUT2D eigenvalue weighted by Crippen LogP contribution is -2.24. The van der Waals surface area contributed by atoms with Crippen LogP contribution in [0.5, 0.6) is 5.75 Å². The van der Waals surface area contributed by atoms with Gasteiger partial charge in [0, 0.05) is 12.0 Å². The van der Waals surface area contributed by atoms with Crippen molar-refractivity contribution in [2.75, 3.05) is 13.7 Å². The summed E-state index contributed by atoms with van der Waals surface area (Å²) in [6.45, 7) is 3.40. The highest BCUT2D eigenvalue weighted by Gasteiger charge is 2.26. The van der Waals surface area contributed by atoms with Crippen molar-refractivity contribution in [1.29, 1.82) is 0 Å². The lowest BCUT2D eigenvalue weighted by Gasteiger charge is -2.18. The van der Waals surface area contributed by atoms with Crippen LogP contribution in [0.2, 0.25) is 0 Å². The molecule has 2 nitrogen and oxygen atoms in total. The Morgan fingerprint density at radius 3 is 2.67 bits per heavy atom. The van der Waals surface area contributed by atoms with Crippen molar-refractivity contribution < 1.29 is 4.74 Å². The molecule has 1 fully saturated rings. The molecule has 1 aliphatic heterocycles. The highest BCUT2D eigenvalue weighted by molar-refractivity contribution is 5.30. The van der Waals surface area contributed by atoms with E-state index in [0.29, 0.717) is 12.0 Å². The second kappa shape index (κ2) is 4.67. The van der Waals surface area contributed by atoms with E-state index in [1.165, 1.54) is 18.4 Å². The Bertz CT molecular complexity index is 307. The van der Waals surface area contributed by atoms with Gasteiger partial charge in [-0.15, -0.1) is 0 Å². The fourth-order valence-electron chi connectivity index (χ4n) is 2.45. The van der Waals surface area contributed by atoms with Crippen molar-refractivity contribution >= 4 is 0 Å². The van der Waals surface area contributed by atoms with Crippen LogP contribution in [-0.2, 0) is 0 Å². The molecule has 1 heterocycles. The van der Waals surface area contributed by atoms with Crippen LogP contribution in [0, 0.1) is 0 Å². The van der Waals surface area contributed by atoms with E-state index in [9.17, 15) is 0 Å². The van der Waals surface area contributed by atoms with Crippen LogP contribution in [-0.4, -0.2) is 19.7 Å². The zero-order valence-electron chi connectivity index (χ0n) is 9.49. The molecule has 0 bridgehead atoms. The third-order valence-corrected chi connectivity index (χ3v) is 3.33. The van der Waals surface area contributed by atoms with Crippen LogP contribution in [0.25, 0.3) is 0 Å². The number of hydrogen-bond donors (Lipinski definition) is 1. The molecule has 15 heavy (non-hydrogen) atoms. The summed E-state index contributed by atoms with van der Waals surface area (Å²) < 4.78 is 5.17.